The Morgan fingerprint density at radius 1 is 1.38 bits per heavy atom. The Hall–Kier alpha value is -2.66. The summed E-state index contributed by atoms with van der Waals surface area (Å²) < 4.78 is 0.816. The number of H-pyrrole nitrogens is 1. The van der Waals surface area contributed by atoms with Crippen LogP contribution < -0.4 is 20.4 Å². The number of nitrogens with one attached hydrogen (secondary N) is 2. The summed E-state index contributed by atoms with van der Waals surface area (Å²) in [6.07, 6.45) is 4.49. The molecule has 1 saturated heterocycles. The number of rotatable bonds is 4. The summed E-state index contributed by atoms with van der Waals surface area (Å²) in [7, 11) is 0. The lowest BCUT2D eigenvalue weighted by molar-refractivity contribution is -0.993. The maximum Gasteiger partial charge on any atom is 0.262 e. The van der Waals surface area contributed by atoms with Crippen molar-refractivity contribution in [3.8, 4) is 0 Å². The van der Waals surface area contributed by atoms with Gasteiger partial charge in [-0.3, -0.25) is 0 Å². The van der Waals surface area contributed by atoms with Crippen molar-refractivity contribution in [1.29, 1.82) is 0 Å². The van der Waals surface area contributed by atoms with Gasteiger partial charge < -0.3 is 20.8 Å². The zero-order valence-corrected chi connectivity index (χ0v) is 18.8. The number of fused-ring (bicyclic) bond motifs is 3. The van der Waals surface area contributed by atoms with E-state index < -0.39 is 0 Å². The van der Waals surface area contributed by atoms with Crippen LogP contribution in [0.5, 0.6) is 0 Å². The van der Waals surface area contributed by atoms with Gasteiger partial charge in [-0.25, -0.2) is 15.2 Å². The SMILES string of the molecule is CCc1[nH]c2nc(SC3=C[NH+](O)c4ccc[n+]([O-])c4C3)nc(N3CC4C(N)C4C3)c2c1C. The summed E-state index contributed by atoms with van der Waals surface area (Å²) in [5, 5.41) is 24.5. The van der Waals surface area contributed by atoms with Crippen molar-refractivity contribution in [3.63, 3.8) is 0 Å². The fourth-order valence-electron chi connectivity index (χ4n) is 5.18. The number of quaternary nitrogens is 1. The van der Waals surface area contributed by atoms with Gasteiger partial charge in [-0.05, 0) is 42.5 Å². The Morgan fingerprint density at radius 3 is 2.91 bits per heavy atom. The van der Waals surface area contributed by atoms with Crippen LogP contribution in [0.2, 0.25) is 0 Å². The molecule has 3 aromatic rings. The number of aromatic nitrogens is 4. The lowest BCUT2D eigenvalue weighted by Crippen LogP contribution is -3.00. The molecule has 5 N–H and O–H groups in total. The summed E-state index contributed by atoms with van der Waals surface area (Å²) in [6.45, 7) is 6.11. The predicted molar refractivity (Wildman–Crippen MR) is 121 cm³/mol. The minimum atomic E-state index is 0.0952. The van der Waals surface area contributed by atoms with E-state index in [0.29, 0.717) is 40.8 Å². The Balaban J connectivity index is 1.38. The number of thioether (sulfide) groups is 1. The van der Waals surface area contributed by atoms with Crippen molar-refractivity contribution in [3.05, 3.63) is 51.6 Å². The molecule has 2 aliphatic heterocycles. The highest BCUT2D eigenvalue weighted by molar-refractivity contribution is 8.02. The number of allylic oxidation sites excluding steroid dienone is 1. The van der Waals surface area contributed by atoms with Gasteiger partial charge in [-0.15, -0.1) is 5.06 Å². The average Bonchev–Trinajstić information content (AvgIpc) is 3.10. The van der Waals surface area contributed by atoms with Crippen LogP contribution in [-0.2, 0) is 12.8 Å². The molecule has 3 aromatic heterocycles. The van der Waals surface area contributed by atoms with Gasteiger partial charge in [-0.1, -0.05) is 6.92 Å². The second-order valence-electron chi connectivity index (χ2n) is 8.91. The molecule has 6 rings (SSSR count). The minimum absolute atomic E-state index is 0.0952. The molecule has 0 bridgehead atoms. The van der Waals surface area contributed by atoms with Gasteiger partial charge in [0.15, 0.2) is 11.4 Å². The second-order valence-corrected chi connectivity index (χ2v) is 10.0. The average molecular weight is 453 g/mol. The van der Waals surface area contributed by atoms with E-state index >= 15 is 0 Å². The Labute approximate surface area is 189 Å². The van der Waals surface area contributed by atoms with Crippen molar-refractivity contribution in [2.45, 2.75) is 37.9 Å². The zero-order chi connectivity index (χ0) is 22.1. The summed E-state index contributed by atoms with van der Waals surface area (Å²) in [6, 6.07) is 3.72. The number of hydrogen-bond acceptors (Lipinski definition) is 7. The normalized spacial score (nSPS) is 26.2. The van der Waals surface area contributed by atoms with E-state index in [-0.39, 0.29) is 5.06 Å². The van der Waals surface area contributed by atoms with Crippen molar-refractivity contribution < 1.29 is 15.0 Å². The van der Waals surface area contributed by atoms with Crippen molar-refractivity contribution in [1.82, 2.24) is 15.0 Å². The third-order valence-electron chi connectivity index (χ3n) is 7.08. The molecule has 166 valence electrons. The number of nitrogens with zero attached hydrogens (tertiary/aromatic N) is 4. The topological polar surface area (TPSA) is 122 Å². The summed E-state index contributed by atoms with van der Waals surface area (Å²) in [5.41, 5.74) is 10.5. The second kappa shape index (κ2) is 7.17. The molecule has 9 nitrogen and oxygen atoms in total. The number of hydroxylamine groups is 1. The number of pyridine rings is 1. The molecule has 1 aliphatic carbocycles. The van der Waals surface area contributed by atoms with Gasteiger partial charge in [0.1, 0.15) is 17.7 Å². The lowest BCUT2D eigenvalue weighted by Gasteiger charge is -2.22. The lowest BCUT2D eigenvalue weighted by atomic mass is 10.1. The number of anilines is 1. The molecular weight excluding hydrogens is 426 g/mol. The smallest absolute Gasteiger partial charge is 0.262 e. The van der Waals surface area contributed by atoms with Crippen LogP contribution in [0.1, 0.15) is 23.9 Å². The summed E-state index contributed by atoms with van der Waals surface area (Å²) >= 11 is 1.40. The number of hydrogen-bond donors (Lipinski definition) is 4. The molecule has 0 aromatic carbocycles. The van der Waals surface area contributed by atoms with E-state index in [0.717, 1.165) is 46.0 Å². The van der Waals surface area contributed by atoms with E-state index in [4.69, 9.17) is 15.7 Å². The first-order valence-corrected chi connectivity index (χ1v) is 11.8. The number of piperidine rings is 1. The summed E-state index contributed by atoms with van der Waals surface area (Å²) in [4.78, 5) is 16.4. The number of aromatic amines is 1. The van der Waals surface area contributed by atoms with Crippen molar-refractivity contribution >= 4 is 34.3 Å². The molecule has 2 fully saturated rings. The Bertz CT molecular complexity index is 1260. The first-order chi connectivity index (χ1) is 15.4. The first-order valence-electron chi connectivity index (χ1n) is 11.0. The molecule has 3 aliphatic rings. The molecule has 32 heavy (non-hydrogen) atoms. The van der Waals surface area contributed by atoms with Crippen LogP contribution in [0.4, 0.5) is 11.5 Å². The third kappa shape index (κ3) is 3.01. The molecule has 10 heteroatoms. The number of aryl methyl sites for hydroxylation is 2. The fraction of sp³-hybridized carbons (Fsp3) is 0.409. The molecule has 1 saturated carbocycles. The van der Waals surface area contributed by atoms with E-state index in [1.54, 1.807) is 18.3 Å². The van der Waals surface area contributed by atoms with E-state index in [9.17, 15) is 10.4 Å². The van der Waals surface area contributed by atoms with E-state index in [2.05, 4.69) is 23.7 Å². The Morgan fingerprint density at radius 2 is 2.16 bits per heavy atom. The zero-order valence-electron chi connectivity index (χ0n) is 18.0. The largest absolute Gasteiger partial charge is 0.618 e. The van der Waals surface area contributed by atoms with Gasteiger partial charge in [0.25, 0.3) is 5.69 Å². The van der Waals surface area contributed by atoms with Crippen LogP contribution >= 0.6 is 11.8 Å². The third-order valence-corrected chi connectivity index (χ3v) is 7.97. The Kier molecular flexibility index (Phi) is 4.48. The van der Waals surface area contributed by atoms with Gasteiger partial charge in [0.05, 0.1) is 16.7 Å². The molecule has 0 amide bonds. The van der Waals surface area contributed by atoms with Crippen LogP contribution in [0, 0.1) is 24.0 Å². The molecule has 0 radical (unpaired) electrons. The molecular formula is C22H26N7O2S+. The first kappa shape index (κ1) is 20.0. The van der Waals surface area contributed by atoms with Crippen molar-refractivity contribution in [2.75, 3.05) is 18.0 Å². The molecule has 5 heterocycles. The van der Waals surface area contributed by atoms with E-state index in [1.807, 2.05) is 0 Å². The highest BCUT2D eigenvalue weighted by Gasteiger charge is 2.54. The minimum Gasteiger partial charge on any atom is -0.618 e. The monoisotopic (exact) mass is 452 g/mol. The van der Waals surface area contributed by atoms with Crippen LogP contribution in [0.3, 0.4) is 0 Å². The van der Waals surface area contributed by atoms with Gasteiger partial charge in [-0.2, -0.15) is 4.73 Å². The fourth-order valence-corrected chi connectivity index (χ4v) is 6.07. The van der Waals surface area contributed by atoms with Gasteiger partial charge in [0, 0.05) is 37.0 Å². The molecule has 3 atom stereocenters. The van der Waals surface area contributed by atoms with Crippen molar-refractivity contribution in [2.24, 2.45) is 17.6 Å². The maximum absolute atomic E-state index is 12.2. The highest BCUT2D eigenvalue weighted by atomic mass is 32.2. The van der Waals surface area contributed by atoms with E-state index in [1.165, 1.54) is 29.2 Å². The summed E-state index contributed by atoms with van der Waals surface area (Å²) in [5.74, 6) is 2.06. The highest BCUT2D eigenvalue weighted by Crippen LogP contribution is 2.46. The van der Waals surface area contributed by atoms with Gasteiger partial charge in [0.2, 0.25) is 5.69 Å². The van der Waals surface area contributed by atoms with Crippen LogP contribution in [-0.4, -0.2) is 39.3 Å². The standard InChI is InChI=1S/C22H25N7O2S/c1-3-15-11(2)18-20(24-15)25-22(26-21(18)27-9-13-14(10-27)19(13)23)32-12-7-17-16(29(31)8-12)5-4-6-28(17)30/h4-6,8,13-14,19,31H,3,7,9-10,23H2,1-2H3,(H,24,25,26)/p+1. The van der Waals surface area contributed by atoms with Crippen LogP contribution in [0.15, 0.2) is 34.6 Å². The molecule has 3 unspecified atom stereocenters. The maximum atomic E-state index is 12.2. The molecule has 0 spiro atoms. The van der Waals surface area contributed by atoms with Crippen LogP contribution in [0.25, 0.3) is 11.0 Å². The quantitative estimate of drug-likeness (QED) is 0.264. The predicted octanol–water partition coefficient (Wildman–Crippen LogP) is 0.951. The van der Waals surface area contributed by atoms with Gasteiger partial charge >= 0.3 is 0 Å². The number of nitrogens with two attached hydrogens (primary N) is 1.